The van der Waals surface area contributed by atoms with Gasteiger partial charge in [-0.05, 0) is 6.42 Å². The Hall–Kier alpha value is -1.14. The second kappa shape index (κ2) is 5.67. The van der Waals surface area contributed by atoms with Crippen molar-refractivity contribution in [1.82, 2.24) is 10.3 Å². The highest BCUT2D eigenvalue weighted by molar-refractivity contribution is 7.13. The molecule has 0 aliphatic rings. The first-order valence-electron chi connectivity index (χ1n) is 4.76. The fourth-order valence-electron chi connectivity index (χ4n) is 1.03. The maximum Gasteiger partial charge on any atom is 0.271 e. The van der Waals surface area contributed by atoms with Gasteiger partial charge in [-0.2, -0.15) is 0 Å². The lowest BCUT2D eigenvalue weighted by atomic mass is 10.2. The minimum absolute atomic E-state index is 0.0503. The first kappa shape index (κ1) is 11.9. The molecule has 0 fully saturated rings. The van der Waals surface area contributed by atoms with Crippen LogP contribution in [0.4, 0.5) is 5.13 Å². The first-order valence-corrected chi connectivity index (χ1v) is 5.64. The van der Waals surface area contributed by atoms with E-state index in [2.05, 4.69) is 15.6 Å². The van der Waals surface area contributed by atoms with Crippen molar-refractivity contribution >= 4 is 22.4 Å². The van der Waals surface area contributed by atoms with Gasteiger partial charge in [0.15, 0.2) is 5.13 Å². The summed E-state index contributed by atoms with van der Waals surface area (Å²) in [5.74, 6) is -0.242. The van der Waals surface area contributed by atoms with Gasteiger partial charge in [0.1, 0.15) is 5.69 Å². The number of hydrogen-bond acceptors (Lipinski definition) is 5. The van der Waals surface area contributed by atoms with Gasteiger partial charge in [-0.1, -0.05) is 6.92 Å². The molecule has 1 aromatic heterocycles. The van der Waals surface area contributed by atoms with Crippen LogP contribution in [-0.2, 0) is 0 Å². The Bertz CT molecular complexity index is 323. The Labute approximate surface area is 92.5 Å². The molecule has 0 spiro atoms. The number of aromatic nitrogens is 1. The van der Waals surface area contributed by atoms with Crippen molar-refractivity contribution < 1.29 is 9.90 Å². The molecule has 1 heterocycles. The summed E-state index contributed by atoms with van der Waals surface area (Å²) < 4.78 is 0. The van der Waals surface area contributed by atoms with E-state index >= 15 is 0 Å². The molecule has 0 aliphatic heterocycles. The average Bonchev–Trinajstić information content (AvgIpc) is 2.74. The van der Waals surface area contributed by atoms with E-state index in [4.69, 9.17) is 5.11 Å². The number of carbonyl (C=O) groups is 1. The molecule has 0 radical (unpaired) electrons. The Balaban J connectivity index is 2.60. The van der Waals surface area contributed by atoms with E-state index in [0.29, 0.717) is 17.2 Å². The standard InChI is InChI=1S/C9H15N3O2S/c1-3-6(4-13)11-8(14)7-5-15-9(10-2)12-7/h5-6,13H,3-4H2,1-2H3,(H,10,12)(H,11,14)/t6-/m1/s1. The van der Waals surface area contributed by atoms with E-state index in [1.807, 2.05) is 6.92 Å². The summed E-state index contributed by atoms with van der Waals surface area (Å²) in [7, 11) is 1.75. The molecule has 1 atom stereocenters. The van der Waals surface area contributed by atoms with Crippen molar-refractivity contribution in [3.8, 4) is 0 Å². The van der Waals surface area contributed by atoms with Crippen molar-refractivity contribution in [2.75, 3.05) is 19.0 Å². The Morgan fingerprint density at radius 2 is 2.47 bits per heavy atom. The number of rotatable bonds is 5. The van der Waals surface area contributed by atoms with Crippen molar-refractivity contribution in [2.24, 2.45) is 0 Å². The van der Waals surface area contributed by atoms with Crippen LogP contribution in [-0.4, -0.2) is 35.7 Å². The highest BCUT2D eigenvalue weighted by Gasteiger charge is 2.13. The number of carbonyl (C=O) groups excluding carboxylic acids is 1. The second-order valence-electron chi connectivity index (χ2n) is 3.05. The molecule has 0 saturated heterocycles. The van der Waals surface area contributed by atoms with Gasteiger partial charge in [-0.25, -0.2) is 4.98 Å². The third-order valence-corrected chi connectivity index (χ3v) is 2.86. The van der Waals surface area contributed by atoms with Gasteiger partial charge in [0, 0.05) is 12.4 Å². The summed E-state index contributed by atoms with van der Waals surface area (Å²) in [4.78, 5) is 15.7. The van der Waals surface area contributed by atoms with Crippen LogP contribution in [0.3, 0.4) is 0 Å². The third-order valence-electron chi connectivity index (χ3n) is 2.00. The lowest BCUT2D eigenvalue weighted by molar-refractivity contribution is 0.0910. The van der Waals surface area contributed by atoms with Crippen molar-refractivity contribution in [3.05, 3.63) is 11.1 Å². The minimum atomic E-state index is -0.242. The van der Waals surface area contributed by atoms with Crippen molar-refractivity contribution in [1.29, 1.82) is 0 Å². The molecule has 1 rings (SSSR count). The average molecular weight is 229 g/mol. The monoisotopic (exact) mass is 229 g/mol. The molecule has 0 saturated carbocycles. The van der Waals surface area contributed by atoms with Crippen LogP contribution in [0, 0.1) is 0 Å². The maximum atomic E-state index is 11.6. The van der Waals surface area contributed by atoms with E-state index in [1.165, 1.54) is 11.3 Å². The second-order valence-corrected chi connectivity index (χ2v) is 3.91. The third kappa shape index (κ3) is 3.17. The zero-order valence-electron chi connectivity index (χ0n) is 8.78. The molecule has 0 aromatic carbocycles. The van der Waals surface area contributed by atoms with Crippen LogP contribution in [0.25, 0.3) is 0 Å². The minimum Gasteiger partial charge on any atom is -0.394 e. The molecule has 5 nitrogen and oxygen atoms in total. The van der Waals surface area contributed by atoms with Crippen LogP contribution >= 0.6 is 11.3 Å². The normalized spacial score (nSPS) is 12.2. The molecule has 0 bridgehead atoms. The van der Waals surface area contributed by atoms with Crippen LogP contribution in [0.5, 0.6) is 0 Å². The molecule has 1 amide bonds. The zero-order valence-corrected chi connectivity index (χ0v) is 9.60. The topological polar surface area (TPSA) is 74.2 Å². The molecule has 84 valence electrons. The summed E-state index contributed by atoms with van der Waals surface area (Å²) in [6.45, 7) is 1.85. The maximum absolute atomic E-state index is 11.6. The fraction of sp³-hybridized carbons (Fsp3) is 0.556. The summed E-state index contributed by atoms with van der Waals surface area (Å²) in [5, 5.41) is 16.9. The molecule has 0 aliphatic carbocycles. The summed E-state index contributed by atoms with van der Waals surface area (Å²) in [6, 6.07) is -0.197. The number of nitrogens with one attached hydrogen (secondary N) is 2. The van der Waals surface area contributed by atoms with E-state index < -0.39 is 0 Å². The Kier molecular flexibility index (Phi) is 4.51. The molecule has 3 N–H and O–H groups in total. The van der Waals surface area contributed by atoms with Crippen LogP contribution < -0.4 is 10.6 Å². The number of thiazole rings is 1. The van der Waals surface area contributed by atoms with Crippen LogP contribution in [0.15, 0.2) is 5.38 Å². The number of amides is 1. The molecule has 1 aromatic rings. The van der Waals surface area contributed by atoms with Gasteiger partial charge in [0.2, 0.25) is 0 Å². The van der Waals surface area contributed by atoms with E-state index in [0.717, 1.165) is 0 Å². The van der Waals surface area contributed by atoms with E-state index in [9.17, 15) is 4.79 Å². The number of aliphatic hydroxyl groups is 1. The van der Waals surface area contributed by atoms with Gasteiger partial charge in [-0.3, -0.25) is 4.79 Å². The van der Waals surface area contributed by atoms with Gasteiger partial charge in [-0.15, -0.1) is 11.3 Å². The number of aliphatic hydroxyl groups excluding tert-OH is 1. The smallest absolute Gasteiger partial charge is 0.271 e. The van der Waals surface area contributed by atoms with E-state index in [1.54, 1.807) is 12.4 Å². The van der Waals surface area contributed by atoms with Gasteiger partial charge in [0.25, 0.3) is 5.91 Å². The first-order chi connectivity index (χ1) is 7.21. The van der Waals surface area contributed by atoms with Crippen LogP contribution in [0.1, 0.15) is 23.8 Å². The summed E-state index contributed by atoms with van der Waals surface area (Å²) in [5.41, 5.74) is 0.385. The fourth-order valence-corrected chi connectivity index (χ4v) is 1.68. The van der Waals surface area contributed by atoms with E-state index in [-0.39, 0.29) is 18.6 Å². The highest BCUT2D eigenvalue weighted by Crippen LogP contribution is 2.14. The number of anilines is 1. The lowest BCUT2D eigenvalue weighted by Crippen LogP contribution is -2.37. The lowest BCUT2D eigenvalue weighted by Gasteiger charge is -2.12. The molecular weight excluding hydrogens is 214 g/mol. The van der Waals surface area contributed by atoms with Gasteiger partial charge in [0.05, 0.1) is 12.6 Å². The summed E-state index contributed by atoms with van der Waals surface area (Å²) >= 11 is 1.37. The predicted octanol–water partition coefficient (Wildman–Crippen LogP) is 0.686. The highest BCUT2D eigenvalue weighted by atomic mass is 32.1. The Morgan fingerprint density at radius 1 is 1.73 bits per heavy atom. The molecular formula is C9H15N3O2S. The van der Waals surface area contributed by atoms with Crippen molar-refractivity contribution in [3.63, 3.8) is 0 Å². The number of nitrogens with zero attached hydrogens (tertiary/aromatic N) is 1. The predicted molar refractivity (Wildman–Crippen MR) is 60.3 cm³/mol. The van der Waals surface area contributed by atoms with Gasteiger partial charge >= 0.3 is 0 Å². The van der Waals surface area contributed by atoms with Gasteiger partial charge < -0.3 is 15.7 Å². The molecule has 0 unspecified atom stereocenters. The quantitative estimate of drug-likeness (QED) is 0.694. The SMILES string of the molecule is CC[C@H](CO)NC(=O)c1csc(NC)n1. The van der Waals surface area contributed by atoms with Crippen molar-refractivity contribution in [2.45, 2.75) is 19.4 Å². The molecule has 15 heavy (non-hydrogen) atoms. The zero-order chi connectivity index (χ0) is 11.3. The summed E-state index contributed by atoms with van der Waals surface area (Å²) in [6.07, 6.45) is 0.700. The number of hydrogen-bond donors (Lipinski definition) is 3. The molecule has 6 heteroatoms. The Morgan fingerprint density at radius 3 is 2.93 bits per heavy atom. The largest absolute Gasteiger partial charge is 0.394 e. The van der Waals surface area contributed by atoms with Crippen LogP contribution in [0.2, 0.25) is 0 Å².